The second-order valence-electron chi connectivity index (χ2n) is 7.97. The average molecular weight is 430 g/mol. The summed E-state index contributed by atoms with van der Waals surface area (Å²) in [5, 5.41) is 22.8. The van der Waals surface area contributed by atoms with Crippen molar-refractivity contribution in [1.29, 1.82) is 0 Å². The molecular formula is C22H33N6O3+. The van der Waals surface area contributed by atoms with Crippen LogP contribution in [0.3, 0.4) is 0 Å². The SMILES string of the molecule is CCC[C@H](c1nnnn1CCOC)[NH+](CCCO)Cc1cc2ccc(C)cc2[nH]c1=O. The lowest BCUT2D eigenvalue weighted by atomic mass is 10.1. The molecule has 2 aromatic heterocycles. The zero-order valence-electron chi connectivity index (χ0n) is 18.6. The first-order valence-corrected chi connectivity index (χ1v) is 10.9. The molecule has 0 amide bonds. The molecule has 2 atom stereocenters. The van der Waals surface area contributed by atoms with Crippen LogP contribution in [0.2, 0.25) is 0 Å². The van der Waals surface area contributed by atoms with E-state index >= 15 is 0 Å². The highest BCUT2D eigenvalue weighted by molar-refractivity contribution is 5.79. The maximum atomic E-state index is 12.8. The highest BCUT2D eigenvalue weighted by atomic mass is 16.5. The molecular weight excluding hydrogens is 396 g/mol. The molecule has 0 fully saturated rings. The summed E-state index contributed by atoms with van der Waals surface area (Å²) in [5.41, 5.74) is 2.60. The summed E-state index contributed by atoms with van der Waals surface area (Å²) in [5.74, 6) is 0.791. The number of hydrogen-bond acceptors (Lipinski definition) is 6. The van der Waals surface area contributed by atoms with E-state index in [1.807, 2.05) is 31.2 Å². The van der Waals surface area contributed by atoms with Gasteiger partial charge in [-0.1, -0.05) is 25.5 Å². The van der Waals surface area contributed by atoms with Gasteiger partial charge in [-0.25, -0.2) is 4.68 Å². The number of aryl methyl sites for hydroxylation is 1. The van der Waals surface area contributed by atoms with Crippen LogP contribution >= 0.6 is 0 Å². The van der Waals surface area contributed by atoms with E-state index in [1.54, 1.807) is 11.8 Å². The number of benzene rings is 1. The molecule has 1 unspecified atom stereocenters. The summed E-state index contributed by atoms with van der Waals surface area (Å²) >= 11 is 0. The van der Waals surface area contributed by atoms with Gasteiger partial charge in [0.05, 0.1) is 25.3 Å². The highest BCUT2D eigenvalue weighted by Crippen LogP contribution is 2.15. The molecule has 2 heterocycles. The van der Waals surface area contributed by atoms with Gasteiger partial charge in [-0.15, -0.1) is 5.10 Å². The van der Waals surface area contributed by atoms with Crippen molar-refractivity contribution in [3.05, 3.63) is 51.6 Å². The molecule has 0 saturated heterocycles. The molecule has 3 N–H and O–H groups in total. The van der Waals surface area contributed by atoms with Gasteiger partial charge in [0.15, 0.2) is 0 Å². The van der Waals surface area contributed by atoms with E-state index in [1.165, 1.54) is 4.90 Å². The van der Waals surface area contributed by atoms with Gasteiger partial charge in [-0.3, -0.25) is 4.79 Å². The Kier molecular flexibility index (Phi) is 8.27. The molecule has 0 aliphatic rings. The van der Waals surface area contributed by atoms with Gasteiger partial charge in [-0.2, -0.15) is 0 Å². The lowest BCUT2D eigenvalue weighted by molar-refractivity contribution is -0.946. The first kappa shape index (κ1) is 23.1. The Morgan fingerprint density at radius 2 is 2.16 bits per heavy atom. The Balaban J connectivity index is 1.95. The van der Waals surface area contributed by atoms with Crippen molar-refractivity contribution >= 4 is 10.9 Å². The van der Waals surface area contributed by atoms with Crippen molar-refractivity contribution in [2.45, 2.75) is 52.2 Å². The van der Waals surface area contributed by atoms with E-state index in [0.717, 1.165) is 40.7 Å². The summed E-state index contributed by atoms with van der Waals surface area (Å²) < 4.78 is 6.98. The van der Waals surface area contributed by atoms with Crippen LogP contribution in [-0.4, -0.2) is 57.2 Å². The Hall–Kier alpha value is -2.62. The van der Waals surface area contributed by atoms with Gasteiger partial charge in [0, 0.05) is 32.1 Å². The third-order valence-electron chi connectivity index (χ3n) is 5.60. The highest BCUT2D eigenvalue weighted by Gasteiger charge is 2.29. The molecule has 0 bridgehead atoms. The maximum Gasteiger partial charge on any atom is 0.257 e. The molecule has 31 heavy (non-hydrogen) atoms. The van der Waals surface area contributed by atoms with Crippen molar-refractivity contribution in [2.24, 2.45) is 0 Å². The number of methoxy groups -OCH3 is 1. The smallest absolute Gasteiger partial charge is 0.257 e. The molecule has 1 aromatic carbocycles. The minimum atomic E-state index is -0.0752. The molecule has 9 nitrogen and oxygen atoms in total. The lowest BCUT2D eigenvalue weighted by Gasteiger charge is -2.27. The van der Waals surface area contributed by atoms with Gasteiger partial charge < -0.3 is 19.7 Å². The Morgan fingerprint density at radius 1 is 1.32 bits per heavy atom. The fourth-order valence-electron chi connectivity index (χ4n) is 4.03. The molecule has 0 aliphatic heterocycles. The number of nitrogens with zero attached hydrogens (tertiary/aromatic N) is 4. The number of hydrogen-bond donors (Lipinski definition) is 3. The number of H-pyrrole nitrogens is 1. The van der Waals surface area contributed by atoms with E-state index < -0.39 is 0 Å². The number of pyridine rings is 1. The molecule has 0 aliphatic carbocycles. The van der Waals surface area contributed by atoms with Crippen molar-refractivity contribution < 1.29 is 14.7 Å². The summed E-state index contributed by atoms with van der Waals surface area (Å²) in [6, 6.07) is 8.05. The van der Waals surface area contributed by atoms with E-state index in [4.69, 9.17) is 4.74 Å². The van der Waals surface area contributed by atoms with E-state index in [2.05, 4.69) is 27.4 Å². The molecule has 9 heteroatoms. The maximum absolute atomic E-state index is 12.8. The molecule has 0 spiro atoms. The standard InChI is InChI=1S/C22H32N6O3/c1-4-6-20(21-24-25-26-28(21)10-12-31-3)27(9-5-11-29)15-18-14-17-8-7-16(2)13-19(17)23-22(18)30/h7-8,13-14,20,29H,4-6,9-12,15H2,1-3H3,(H,23,30)/p+1/t20-/m1/s1. The van der Waals surface area contributed by atoms with Gasteiger partial charge in [0.1, 0.15) is 12.6 Å². The number of nitrogens with one attached hydrogen (secondary N) is 2. The van der Waals surface area contributed by atoms with Crippen LogP contribution in [0.25, 0.3) is 10.9 Å². The van der Waals surface area contributed by atoms with Gasteiger partial charge in [0.2, 0.25) is 5.82 Å². The number of aromatic nitrogens is 5. The molecule has 0 radical (unpaired) electrons. The van der Waals surface area contributed by atoms with Gasteiger partial charge >= 0.3 is 0 Å². The minimum absolute atomic E-state index is 0.0107. The second kappa shape index (κ2) is 11.1. The largest absolute Gasteiger partial charge is 0.396 e. The molecule has 3 rings (SSSR count). The minimum Gasteiger partial charge on any atom is -0.396 e. The number of aliphatic hydroxyl groups excluding tert-OH is 1. The number of ether oxygens (including phenoxy) is 1. The number of tetrazole rings is 1. The monoisotopic (exact) mass is 429 g/mol. The van der Waals surface area contributed by atoms with Crippen LogP contribution in [0.1, 0.15) is 49.2 Å². The van der Waals surface area contributed by atoms with E-state index in [-0.39, 0.29) is 18.2 Å². The van der Waals surface area contributed by atoms with Gasteiger partial charge in [-0.05, 0) is 40.4 Å². The number of rotatable bonds is 12. The third kappa shape index (κ3) is 5.75. The zero-order valence-corrected chi connectivity index (χ0v) is 18.6. The number of aromatic amines is 1. The lowest BCUT2D eigenvalue weighted by Crippen LogP contribution is -3.11. The van der Waals surface area contributed by atoms with Crippen molar-refractivity contribution in [3.8, 4) is 0 Å². The summed E-state index contributed by atoms with van der Waals surface area (Å²) in [6.45, 7) is 6.57. The van der Waals surface area contributed by atoms with Crippen molar-refractivity contribution in [3.63, 3.8) is 0 Å². The first-order valence-electron chi connectivity index (χ1n) is 10.9. The Bertz CT molecular complexity index is 1030. The van der Waals surface area contributed by atoms with Crippen LogP contribution in [0.15, 0.2) is 29.1 Å². The van der Waals surface area contributed by atoms with E-state index in [0.29, 0.717) is 32.7 Å². The molecule has 3 aromatic rings. The second-order valence-corrected chi connectivity index (χ2v) is 7.97. The van der Waals surface area contributed by atoms with Crippen LogP contribution < -0.4 is 10.5 Å². The summed E-state index contributed by atoms with van der Waals surface area (Å²) in [7, 11) is 1.65. The number of quaternary nitrogens is 1. The predicted molar refractivity (Wildman–Crippen MR) is 118 cm³/mol. The third-order valence-corrected chi connectivity index (χ3v) is 5.60. The normalized spacial score (nSPS) is 13.5. The number of aliphatic hydroxyl groups is 1. The van der Waals surface area contributed by atoms with Crippen LogP contribution in [-0.2, 0) is 17.8 Å². The molecule has 0 saturated carbocycles. The average Bonchev–Trinajstić information content (AvgIpc) is 3.22. The first-order chi connectivity index (χ1) is 15.1. The van der Waals surface area contributed by atoms with Crippen LogP contribution in [0.5, 0.6) is 0 Å². The fourth-order valence-corrected chi connectivity index (χ4v) is 4.03. The predicted octanol–water partition coefficient (Wildman–Crippen LogP) is 0.778. The quantitative estimate of drug-likeness (QED) is 0.392. The van der Waals surface area contributed by atoms with Crippen molar-refractivity contribution in [2.75, 3.05) is 26.9 Å². The van der Waals surface area contributed by atoms with Crippen molar-refractivity contribution in [1.82, 2.24) is 25.2 Å². The fraction of sp³-hybridized carbons (Fsp3) is 0.545. The van der Waals surface area contributed by atoms with Crippen LogP contribution in [0, 0.1) is 6.92 Å². The topological polar surface area (TPSA) is 110 Å². The van der Waals surface area contributed by atoms with E-state index in [9.17, 15) is 9.90 Å². The Morgan fingerprint density at radius 3 is 2.90 bits per heavy atom. The Labute approximate surface area is 182 Å². The summed E-state index contributed by atoms with van der Waals surface area (Å²) in [4.78, 5) is 17.0. The molecule has 168 valence electrons. The zero-order chi connectivity index (χ0) is 22.2. The van der Waals surface area contributed by atoms with Gasteiger partial charge in [0.25, 0.3) is 5.56 Å². The summed E-state index contributed by atoms with van der Waals surface area (Å²) in [6.07, 6.45) is 2.47. The van der Waals surface area contributed by atoms with Crippen LogP contribution in [0.4, 0.5) is 0 Å². The number of fused-ring (bicyclic) bond motifs is 1.